The van der Waals surface area contributed by atoms with Crippen LogP contribution in [0.3, 0.4) is 0 Å². The lowest BCUT2D eigenvalue weighted by Gasteiger charge is -2.30. The maximum absolute atomic E-state index is 13.5. The number of aliphatic carboxylic acids is 1. The Balaban J connectivity index is 2.18. The molecule has 0 saturated carbocycles. The van der Waals surface area contributed by atoms with Crippen molar-refractivity contribution >= 4 is 29.4 Å². The largest absolute Gasteiger partial charge is 0.481 e. The van der Waals surface area contributed by atoms with Crippen molar-refractivity contribution in [2.75, 3.05) is 0 Å². The number of carboxylic acid groups (broad SMARTS) is 1. The number of amides is 2. The van der Waals surface area contributed by atoms with Gasteiger partial charge in [-0.05, 0) is 49.7 Å². The van der Waals surface area contributed by atoms with E-state index in [0.717, 1.165) is 16.7 Å². The molecule has 0 aliphatic carbocycles. The van der Waals surface area contributed by atoms with Gasteiger partial charge < -0.3 is 15.7 Å². The van der Waals surface area contributed by atoms with Gasteiger partial charge in [-0.25, -0.2) is 0 Å². The Hall–Kier alpha value is -3.81. The Morgan fingerprint density at radius 2 is 1.41 bits per heavy atom. The number of Topliss-reactive ketones (excluding diaryl/α,β-unsaturated/α-hetero) is 2. The molecule has 2 rings (SSSR count). The first-order valence-corrected chi connectivity index (χ1v) is 14.1. The lowest BCUT2D eigenvalue weighted by atomic mass is 9.83. The summed E-state index contributed by atoms with van der Waals surface area (Å²) in [6, 6.07) is 15.7. The second-order valence-electron chi connectivity index (χ2n) is 12.1. The van der Waals surface area contributed by atoms with Gasteiger partial charge in [-0.2, -0.15) is 0 Å². The molecule has 8 nitrogen and oxygen atoms in total. The van der Waals surface area contributed by atoms with E-state index in [1.807, 2.05) is 89.2 Å². The standard InChI is InChI=1S/C33H44N2O6/c1-21-12-14-25(15-13-21)19-27(34-31(40)22(2)18-24-10-8-7-9-11-24)28(37)17-16-26(20-29(38)39)32(41)35-30(23(3)36)33(4,5)6/h7-15,22,26-27,30H,16-20H2,1-6H3,(H,34,40)(H,35,41)(H,38,39)/t22-,26-,27-,30+/m0/s1. The highest BCUT2D eigenvalue weighted by molar-refractivity contribution is 5.92. The van der Waals surface area contributed by atoms with Gasteiger partial charge in [0.25, 0.3) is 0 Å². The molecule has 41 heavy (non-hydrogen) atoms. The summed E-state index contributed by atoms with van der Waals surface area (Å²) in [6.45, 7) is 10.6. The summed E-state index contributed by atoms with van der Waals surface area (Å²) in [6.07, 6.45) is 0.192. The van der Waals surface area contributed by atoms with Crippen molar-refractivity contribution < 1.29 is 29.1 Å². The molecule has 0 fully saturated rings. The Kier molecular flexibility index (Phi) is 12.4. The van der Waals surface area contributed by atoms with Crippen LogP contribution < -0.4 is 10.6 Å². The van der Waals surface area contributed by atoms with Gasteiger partial charge in [-0.3, -0.25) is 24.0 Å². The smallest absolute Gasteiger partial charge is 0.304 e. The van der Waals surface area contributed by atoms with Crippen molar-refractivity contribution in [2.24, 2.45) is 17.3 Å². The Labute approximate surface area is 243 Å². The second-order valence-corrected chi connectivity index (χ2v) is 12.1. The summed E-state index contributed by atoms with van der Waals surface area (Å²) in [5.74, 6) is -3.91. The summed E-state index contributed by atoms with van der Waals surface area (Å²) < 4.78 is 0. The molecular weight excluding hydrogens is 520 g/mol. The number of hydrogen-bond donors (Lipinski definition) is 3. The monoisotopic (exact) mass is 564 g/mol. The van der Waals surface area contributed by atoms with Gasteiger partial charge in [0.05, 0.1) is 18.5 Å². The van der Waals surface area contributed by atoms with Crippen LogP contribution in [0.2, 0.25) is 0 Å². The van der Waals surface area contributed by atoms with Crippen LogP contribution in [0.1, 0.15) is 70.6 Å². The zero-order chi connectivity index (χ0) is 30.7. The van der Waals surface area contributed by atoms with E-state index in [2.05, 4.69) is 10.6 Å². The van der Waals surface area contributed by atoms with E-state index < -0.39 is 41.7 Å². The third kappa shape index (κ3) is 11.3. The molecule has 2 aromatic carbocycles. The molecule has 0 aliphatic rings. The number of nitrogens with one attached hydrogen (secondary N) is 2. The molecule has 0 radical (unpaired) electrons. The molecule has 0 saturated heterocycles. The van der Waals surface area contributed by atoms with Crippen LogP contribution in [0.25, 0.3) is 0 Å². The van der Waals surface area contributed by atoms with Gasteiger partial charge in [0.15, 0.2) is 11.6 Å². The predicted molar refractivity (Wildman–Crippen MR) is 158 cm³/mol. The minimum absolute atomic E-state index is 0.0223. The normalized spacial score (nSPS) is 14.3. The zero-order valence-electron chi connectivity index (χ0n) is 25.0. The van der Waals surface area contributed by atoms with Crippen LogP contribution in [-0.2, 0) is 36.8 Å². The lowest BCUT2D eigenvalue weighted by Crippen LogP contribution is -2.50. The van der Waals surface area contributed by atoms with E-state index in [4.69, 9.17) is 0 Å². The van der Waals surface area contributed by atoms with Crippen molar-refractivity contribution in [3.63, 3.8) is 0 Å². The van der Waals surface area contributed by atoms with E-state index in [9.17, 15) is 29.1 Å². The summed E-state index contributed by atoms with van der Waals surface area (Å²) in [7, 11) is 0. The molecule has 0 aromatic heterocycles. The van der Waals surface area contributed by atoms with Crippen molar-refractivity contribution in [3.05, 3.63) is 71.3 Å². The van der Waals surface area contributed by atoms with Crippen LogP contribution in [0.5, 0.6) is 0 Å². The average molecular weight is 565 g/mol. The molecule has 3 N–H and O–H groups in total. The quantitative estimate of drug-likeness (QED) is 0.293. The third-order valence-electron chi connectivity index (χ3n) is 7.19. The summed E-state index contributed by atoms with van der Waals surface area (Å²) in [4.78, 5) is 63.4. The molecular formula is C33H44N2O6. The number of ketones is 2. The third-order valence-corrected chi connectivity index (χ3v) is 7.19. The summed E-state index contributed by atoms with van der Waals surface area (Å²) in [5, 5.41) is 15.0. The predicted octanol–water partition coefficient (Wildman–Crippen LogP) is 4.46. The topological polar surface area (TPSA) is 130 Å². The zero-order valence-corrected chi connectivity index (χ0v) is 25.0. The Morgan fingerprint density at radius 3 is 1.95 bits per heavy atom. The first-order chi connectivity index (χ1) is 19.2. The minimum Gasteiger partial charge on any atom is -0.481 e. The van der Waals surface area contributed by atoms with E-state index >= 15 is 0 Å². The lowest BCUT2D eigenvalue weighted by molar-refractivity contribution is -0.142. The number of hydrogen-bond acceptors (Lipinski definition) is 5. The van der Waals surface area contributed by atoms with Crippen LogP contribution in [0.15, 0.2) is 54.6 Å². The van der Waals surface area contributed by atoms with Crippen molar-refractivity contribution in [1.82, 2.24) is 10.6 Å². The van der Waals surface area contributed by atoms with Crippen LogP contribution >= 0.6 is 0 Å². The highest BCUT2D eigenvalue weighted by Gasteiger charge is 2.33. The van der Waals surface area contributed by atoms with Gasteiger partial charge in [0.1, 0.15) is 0 Å². The number of carbonyl (C=O) groups is 5. The number of benzene rings is 2. The fourth-order valence-corrected chi connectivity index (χ4v) is 4.79. The van der Waals surface area contributed by atoms with E-state index in [1.54, 1.807) is 0 Å². The maximum Gasteiger partial charge on any atom is 0.304 e. The van der Waals surface area contributed by atoms with Gasteiger partial charge in [0, 0.05) is 18.3 Å². The number of aryl methyl sites for hydroxylation is 1. The maximum atomic E-state index is 13.5. The van der Waals surface area contributed by atoms with Crippen LogP contribution in [-0.4, -0.2) is 46.5 Å². The van der Waals surface area contributed by atoms with E-state index in [1.165, 1.54) is 6.92 Å². The molecule has 0 heterocycles. The summed E-state index contributed by atoms with van der Waals surface area (Å²) in [5.41, 5.74) is 2.39. The Bertz CT molecular complexity index is 1200. The summed E-state index contributed by atoms with van der Waals surface area (Å²) >= 11 is 0. The first kappa shape index (κ1) is 33.4. The Morgan fingerprint density at radius 1 is 0.829 bits per heavy atom. The van der Waals surface area contributed by atoms with Crippen molar-refractivity contribution in [3.8, 4) is 0 Å². The number of carbonyl (C=O) groups excluding carboxylic acids is 4. The molecule has 2 aromatic rings. The fourth-order valence-electron chi connectivity index (χ4n) is 4.79. The number of carboxylic acids is 1. The van der Waals surface area contributed by atoms with E-state index in [-0.39, 0.29) is 42.7 Å². The van der Waals surface area contributed by atoms with Crippen LogP contribution in [0, 0.1) is 24.2 Å². The van der Waals surface area contributed by atoms with Crippen molar-refractivity contribution in [1.29, 1.82) is 0 Å². The van der Waals surface area contributed by atoms with Gasteiger partial charge in [0.2, 0.25) is 11.8 Å². The minimum atomic E-state index is -1.17. The first-order valence-electron chi connectivity index (χ1n) is 14.1. The van der Waals surface area contributed by atoms with Gasteiger partial charge in [-0.1, -0.05) is 87.9 Å². The molecule has 0 unspecified atom stereocenters. The number of rotatable bonds is 15. The van der Waals surface area contributed by atoms with Gasteiger partial charge >= 0.3 is 5.97 Å². The fraction of sp³-hybridized carbons (Fsp3) is 0.485. The van der Waals surface area contributed by atoms with Gasteiger partial charge in [-0.15, -0.1) is 0 Å². The van der Waals surface area contributed by atoms with E-state index in [0.29, 0.717) is 6.42 Å². The molecule has 0 spiro atoms. The molecule has 4 atom stereocenters. The van der Waals surface area contributed by atoms with Crippen LogP contribution in [0.4, 0.5) is 0 Å². The molecule has 2 amide bonds. The second kappa shape index (κ2) is 15.3. The van der Waals surface area contributed by atoms with Crippen molar-refractivity contribution in [2.45, 2.75) is 85.7 Å². The molecule has 222 valence electrons. The highest BCUT2D eigenvalue weighted by atomic mass is 16.4. The SMILES string of the molecule is CC(=O)[C@@H](NC(=O)[C@@H](CCC(=O)[C@H](Cc1ccc(C)cc1)NC(=O)[C@@H](C)Cc1ccccc1)CC(=O)O)C(C)(C)C. The molecule has 0 bridgehead atoms. The molecule has 8 heteroatoms. The average Bonchev–Trinajstić information content (AvgIpc) is 2.89. The molecule has 0 aliphatic heterocycles. The highest BCUT2D eigenvalue weighted by Crippen LogP contribution is 2.22.